The minimum Gasteiger partial charge on any atom is -0.493 e. The number of imidazole rings is 1. The molecule has 8 nitrogen and oxygen atoms in total. The van der Waals surface area contributed by atoms with Crippen molar-refractivity contribution in [2.45, 2.75) is 13.0 Å². The van der Waals surface area contributed by atoms with Crippen LogP contribution in [-0.4, -0.2) is 60.6 Å². The van der Waals surface area contributed by atoms with Crippen molar-refractivity contribution >= 4 is 11.8 Å². The maximum absolute atomic E-state index is 12.3. The molecule has 2 amide bonds. The molecule has 2 aromatic rings. The average molecular weight is 358 g/mol. The van der Waals surface area contributed by atoms with Gasteiger partial charge in [-0.05, 0) is 24.1 Å². The molecule has 0 unspecified atom stereocenters. The molecular formula is C18H22N4O4. The van der Waals surface area contributed by atoms with Crippen LogP contribution in [0.5, 0.6) is 11.5 Å². The number of nitrogens with zero attached hydrogens (tertiary/aromatic N) is 3. The standard InChI is InChI=1S/C18H22N4O4/c1-21-8-9-22-11-13(20-16(22)18(21)24)17(23)19-7-6-12-4-5-14(25-2)15(10-12)26-3/h4-5,10-11H,6-9H2,1-3H3,(H,19,23). The zero-order valence-corrected chi connectivity index (χ0v) is 15.1. The molecule has 0 radical (unpaired) electrons. The Kier molecular flexibility index (Phi) is 5.11. The van der Waals surface area contributed by atoms with E-state index in [1.54, 1.807) is 36.9 Å². The highest BCUT2D eigenvalue weighted by atomic mass is 16.5. The summed E-state index contributed by atoms with van der Waals surface area (Å²) in [6, 6.07) is 5.65. The molecule has 1 aromatic carbocycles. The maximum atomic E-state index is 12.3. The minimum absolute atomic E-state index is 0.166. The molecule has 1 N–H and O–H groups in total. The van der Waals surface area contributed by atoms with Gasteiger partial charge in [0.25, 0.3) is 11.8 Å². The summed E-state index contributed by atoms with van der Waals surface area (Å²) in [7, 11) is 4.90. The summed E-state index contributed by atoms with van der Waals surface area (Å²) in [5.41, 5.74) is 1.28. The summed E-state index contributed by atoms with van der Waals surface area (Å²) in [6.07, 6.45) is 2.27. The van der Waals surface area contributed by atoms with E-state index in [4.69, 9.17) is 9.47 Å². The van der Waals surface area contributed by atoms with Gasteiger partial charge in [-0.1, -0.05) is 6.07 Å². The smallest absolute Gasteiger partial charge is 0.289 e. The predicted molar refractivity (Wildman–Crippen MR) is 94.8 cm³/mol. The van der Waals surface area contributed by atoms with Gasteiger partial charge in [-0.25, -0.2) is 4.98 Å². The number of likely N-dealkylation sites (N-methyl/N-ethyl adjacent to an activating group) is 1. The van der Waals surface area contributed by atoms with Crippen LogP contribution in [-0.2, 0) is 13.0 Å². The molecule has 0 bridgehead atoms. The molecule has 3 rings (SSSR count). The van der Waals surface area contributed by atoms with Crippen molar-refractivity contribution in [2.24, 2.45) is 0 Å². The van der Waals surface area contributed by atoms with Gasteiger partial charge in [0.1, 0.15) is 5.69 Å². The zero-order valence-electron chi connectivity index (χ0n) is 15.1. The zero-order chi connectivity index (χ0) is 18.7. The lowest BCUT2D eigenvalue weighted by atomic mass is 10.1. The van der Waals surface area contributed by atoms with Gasteiger partial charge in [-0.15, -0.1) is 0 Å². The molecular weight excluding hydrogens is 336 g/mol. The van der Waals surface area contributed by atoms with Gasteiger partial charge in [-0.2, -0.15) is 0 Å². The van der Waals surface area contributed by atoms with Gasteiger partial charge >= 0.3 is 0 Å². The third kappa shape index (κ3) is 3.49. The van der Waals surface area contributed by atoms with Crippen LogP contribution in [0.15, 0.2) is 24.4 Å². The Balaban J connectivity index is 1.60. The third-order valence-electron chi connectivity index (χ3n) is 4.37. The number of ether oxygens (including phenoxy) is 2. The molecule has 2 heterocycles. The number of carbonyl (C=O) groups is 2. The quantitative estimate of drug-likeness (QED) is 0.831. The fourth-order valence-electron chi connectivity index (χ4n) is 2.84. The number of amides is 2. The lowest BCUT2D eigenvalue weighted by molar-refractivity contribution is 0.0741. The summed E-state index contributed by atoms with van der Waals surface area (Å²) in [5, 5.41) is 2.84. The second kappa shape index (κ2) is 7.47. The van der Waals surface area contributed by atoms with E-state index in [2.05, 4.69) is 10.3 Å². The summed E-state index contributed by atoms with van der Waals surface area (Å²) in [6.45, 7) is 1.70. The van der Waals surface area contributed by atoms with E-state index in [1.807, 2.05) is 18.2 Å². The molecule has 1 aliphatic rings. The van der Waals surface area contributed by atoms with E-state index in [1.165, 1.54) is 0 Å². The Morgan fingerprint density at radius 2 is 2.00 bits per heavy atom. The van der Waals surface area contributed by atoms with Crippen molar-refractivity contribution < 1.29 is 19.1 Å². The number of benzene rings is 1. The Labute approximate surface area is 151 Å². The first-order valence-corrected chi connectivity index (χ1v) is 8.35. The Hall–Kier alpha value is -3.03. The SMILES string of the molecule is COc1ccc(CCNC(=O)c2cn3c(n2)C(=O)N(C)CC3)cc1OC. The first-order valence-electron chi connectivity index (χ1n) is 8.35. The van der Waals surface area contributed by atoms with Crippen LogP contribution in [0.25, 0.3) is 0 Å². The average Bonchev–Trinajstić information content (AvgIpc) is 3.09. The van der Waals surface area contributed by atoms with E-state index >= 15 is 0 Å². The molecule has 0 fully saturated rings. The second-order valence-electron chi connectivity index (χ2n) is 6.07. The summed E-state index contributed by atoms with van der Waals surface area (Å²) >= 11 is 0. The number of hydrogen-bond donors (Lipinski definition) is 1. The number of methoxy groups -OCH3 is 2. The lowest BCUT2D eigenvalue weighted by Crippen LogP contribution is -2.37. The topological polar surface area (TPSA) is 85.7 Å². The van der Waals surface area contributed by atoms with Crippen LogP contribution in [0.3, 0.4) is 0 Å². The molecule has 1 aliphatic heterocycles. The van der Waals surface area contributed by atoms with Crippen LogP contribution < -0.4 is 14.8 Å². The fraction of sp³-hybridized carbons (Fsp3) is 0.389. The summed E-state index contributed by atoms with van der Waals surface area (Å²) in [5.74, 6) is 1.17. The first kappa shape index (κ1) is 17.8. The summed E-state index contributed by atoms with van der Waals surface area (Å²) in [4.78, 5) is 30.1. The van der Waals surface area contributed by atoms with Crippen LogP contribution in [0.1, 0.15) is 26.7 Å². The molecule has 26 heavy (non-hydrogen) atoms. The predicted octanol–water partition coefficient (Wildman–Crippen LogP) is 0.958. The highest BCUT2D eigenvalue weighted by Gasteiger charge is 2.25. The third-order valence-corrected chi connectivity index (χ3v) is 4.37. The van der Waals surface area contributed by atoms with Gasteiger partial charge < -0.3 is 24.3 Å². The van der Waals surface area contributed by atoms with E-state index in [-0.39, 0.29) is 17.5 Å². The minimum atomic E-state index is -0.289. The number of hydrogen-bond acceptors (Lipinski definition) is 5. The molecule has 0 atom stereocenters. The van der Waals surface area contributed by atoms with Gasteiger partial charge in [0.2, 0.25) is 0 Å². The van der Waals surface area contributed by atoms with Crippen LogP contribution in [0, 0.1) is 0 Å². The maximum Gasteiger partial charge on any atom is 0.289 e. The largest absolute Gasteiger partial charge is 0.493 e. The first-order chi connectivity index (χ1) is 12.5. The van der Waals surface area contributed by atoms with Crippen molar-refractivity contribution in [2.75, 3.05) is 34.4 Å². The molecule has 0 saturated heterocycles. The van der Waals surface area contributed by atoms with E-state index in [0.717, 1.165) is 5.56 Å². The second-order valence-corrected chi connectivity index (χ2v) is 6.07. The Morgan fingerprint density at radius 1 is 1.23 bits per heavy atom. The van der Waals surface area contributed by atoms with Crippen molar-refractivity contribution in [3.8, 4) is 11.5 Å². The highest BCUT2D eigenvalue weighted by molar-refractivity contribution is 5.96. The molecule has 0 aliphatic carbocycles. The number of aromatic nitrogens is 2. The molecule has 138 valence electrons. The van der Waals surface area contributed by atoms with Crippen LogP contribution in [0.4, 0.5) is 0 Å². The molecule has 0 saturated carbocycles. The number of rotatable bonds is 6. The van der Waals surface area contributed by atoms with E-state index in [9.17, 15) is 9.59 Å². The van der Waals surface area contributed by atoms with E-state index in [0.29, 0.717) is 43.4 Å². The number of nitrogens with one attached hydrogen (secondary N) is 1. The van der Waals surface area contributed by atoms with E-state index < -0.39 is 0 Å². The van der Waals surface area contributed by atoms with Crippen LogP contribution in [0.2, 0.25) is 0 Å². The van der Waals surface area contributed by atoms with Crippen LogP contribution >= 0.6 is 0 Å². The van der Waals surface area contributed by atoms with Crippen molar-refractivity contribution in [1.82, 2.24) is 19.8 Å². The number of fused-ring (bicyclic) bond motifs is 1. The monoisotopic (exact) mass is 358 g/mol. The van der Waals surface area contributed by atoms with Gasteiger partial charge in [0.05, 0.1) is 14.2 Å². The lowest BCUT2D eigenvalue weighted by Gasteiger charge is -2.22. The summed E-state index contributed by atoms with van der Waals surface area (Å²) < 4.78 is 12.2. The Morgan fingerprint density at radius 3 is 2.73 bits per heavy atom. The molecule has 0 spiro atoms. The van der Waals surface area contributed by atoms with Gasteiger partial charge in [0, 0.05) is 32.9 Å². The Bertz CT molecular complexity index is 831. The number of carbonyl (C=O) groups excluding carboxylic acids is 2. The highest BCUT2D eigenvalue weighted by Crippen LogP contribution is 2.27. The molecule has 1 aromatic heterocycles. The van der Waals surface area contributed by atoms with Crippen molar-refractivity contribution in [3.05, 3.63) is 41.5 Å². The van der Waals surface area contributed by atoms with Crippen molar-refractivity contribution in [1.29, 1.82) is 0 Å². The normalized spacial score (nSPS) is 13.3. The van der Waals surface area contributed by atoms with Crippen molar-refractivity contribution in [3.63, 3.8) is 0 Å². The van der Waals surface area contributed by atoms with Gasteiger partial charge in [-0.3, -0.25) is 9.59 Å². The molecule has 8 heteroatoms. The fourth-order valence-corrected chi connectivity index (χ4v) is 2.84. The van der Waals surface area contributed by atoms with Gasteiger partial charge in [0.15, 0.2) is 17.3 Å².